The summed E-state index contributed by atoms with van der Waals surface area (Å²) in [4.78, 5) is 16.5. The Balaban J connectivity index is 1.62. The molecular formula is C22H24FN5O3S. The van der Waals surface area contributed by atoms with Gasteiger partial charge in [0.15, 0.2) is 0 Å². The molecule has 0 aliphatic carbocycles. The van der Waals surface area contributed by atoms with Crippen LogP contribution in [0.5, 0.6) is 5.75 Å². The summed E-state index contributed by atoms with van der Waals surface area (Å²) in [5.74, 6) is 0.810. The van der Waals surface area contributed by atoms with Crippen molar-refractivity contribution in [1.82, 2.24) is 20.1 Å². The van der Waals surface area contributed by atoms with Crippen LogP contribution in [-0.2, 0) is 4.74 Å². The highest BCUT2D eigenvalue weighted by atomic mass is 32.1. The third-order valence-corrected chi connectivity index (χ3v) is 5.49. The average Bonchev–Trinajstić information content (AvgIpc) is 3.31. The highest BCUT2D eigenvalue weighted by molar-refractivity contribution is 7.20. The number of hydrogen-bond donors (Lipinski definition) is 2. The number of halogens is 1. The monoisotopic (exact) mass is 457 g/mol. The van der Waals surface area contributed by atoms with Gasteiger partial charge in [0.25, 0.3) is 0 Å². The smallest absolute Gasteiger partial charge is 0.407 e. The summed E-state index contributed by atoms with van der Waals surface area (Å²) in [7, 11) is 1.61. The molecule has 0 atom stereocenters. The van der Waals surface area contributed by atoms with Gasteiger partial charge in [0.2, 0.25) is 5.13 Å². The van der Waals surface area contributed by atoms with Crippen LogP contribution in [-0.4, -0.2) is 46.7 Å². The molecule has 0 saturated heterocycles. The van der Waals surface area contributed by atoms with Gasteiger partial charge in [-0.15, -0.1) is 0 Å². The molecule has 168 valence electrons. The number of ether oxygens (including phenoxy) is 2. The van der Waals surface area contributed by atoms with E-state index in [4.69, 9.17) is 9.47 Å². The maximum atomic E-state index is 14.7. The van der Waals surface area contributed by atoms with Gasteiger partial charge < -0.3 is 20.1 Å². The van der Waals surface area contributed by atoms with Crippen LogP contribution < -0.4 is 15.4 Å². The second kappa shape index (κ2) is 8.62. The Kier molecular flexibility index (Phi) is 5.88. The summed E-state index contributed by atoms with van der Waals surface area (Å²) in [5, 5.41) is 11.4. The van der Waals surface area contributed by atoms with E-state index in [2.05, 4.69) is 20.7 Å². The van der Waals surface area contributed by atoms with Gasteiger partial charge in [-0.2, -0.15) is 9.78 Å². The normalized spacial score (nSPS) is 11.7. The number of nitrogens with zero attached hydrogens (tertiary/aromatic N) is 3. The zero-order chi connectivity index (χ0) is 22.9. The van der Waals surface area contributed by atoms with Crippen LogP contribution in [0.2, 0.25) is 0 Å². The van der Waals surface area contributed by atoms with Crippen LogP contribution in [0.25, 0.3) is 26.3 Å². The van der Waals surface area contributed by atoms with Gasteiger partial charge in [-0.3, -0.25) is 0 Å². The number of thiazole rings is 1. The lowest BCUT2D eigenvalue weighted by molar-refractivity contribution is 0.0530. The maximum Gasteiger partial charge on any atom is 0.407 e. The number of carbonyl (C=O) groups is 1. The third-order valence-electron chi connectivity index (χ3n) is 4.50. The standard InChI is InChI=1S/C22H24FN5O3S/c1-22(2,3)31-21(29)25-11-10-24-19-18-14(23)6-5-7-16(18)27-28(19)20-26-15-9-8-13(30-4)12-17(15)32-20/h5-9,12,24H,10-11H2,1-4H3,(H,25,29). The van der Waals surface area contributed by atoms with Gasteiger partial charge >= 0.3 is 6.09 Å². The van der Waals surface area contributed by atoms with E-state index in [9.17, 15) is 9.18 Å². The van der Waals surface area contributed by atoms with E-state index in [1.807, 2.05) is 18.2 Å². The number of hydrogen-bond acceptors (Lipinski definition) is 7. The second-order valence-corrected chi connectivity index (χ2v) is 9.09. The Morgan fingerprint density at radius 2 is 2.00 bits per heavy atom. The van der Waals surface area contributed by atoms with Crippen LogP contribution in [0, 0.1) is 5.82 Å². The molecule has 0 unspecified atom stereocenters. The molecule has 4 aromatic rings. The minimum atomic E-state index is -0.578. The van der Waals surface area contributed by atoms with Crippen molar-refractivity contribution in [2.45, 2.75) is 26.4 Å². The van der Waals surface area contributed by atoms with E-state index in [1.54, 1.807) is 44.7 Å². The van der Waals surface area contributed by atoms with Gasteiger partial charge in [-0.25, -0.2) is 14.2 Å². The molecule has 0 spiro atoms. The number of methoxy groups -OCH3 is 1. The Hall–Kier alpha value is -3.40. The van der Waals surface area contributed by atoms with Gasteiger partial charge in [-0.1, -0.05) is 17.4 Å². The zero-order valence-corrected chi connectivity index (χ0v) is 19.0. The largest absolute Gasteiger partial charge is 0.497 e. The van der Waals surface area contributed by atoms with E-state index in [0.717, 1.165) is 16.0 Å². The number of fused-ring (bicyclic) bond motifs is 2. The Morgan fingerprint density at radius 3 is 2.75 bits per heavy atom. The molecule has 2 aromatic carbocycles. The summed E-state index contributed by atoms with van der Waals surface area (Å²) < 4.78 is 27.7. The molecule has 2 aromatic heterocycles. The van der Waals surface area contributed by atoms with Crippen molar-refractivity contribution >= 4 is 44.4 Å². The fourth-order valence-electron chi connectivity index (χ4n) is 3.17. The van der Waals surface area contributed by atoms with E-state index >= 15 is 0 Å². The SMILES string of the molecule is COc1ccc2nc(-n3nc4cccc(F)c4c3NCCNC(=O)OC(C)(C)C)sc2c1. The van der Waals surface area contributed by atoms with E-state index in [1.165, 1.54) is 17.4 Å². The minimum absolute atomic E-state index is 0.285. The van der Waals surface area contributed by atoms with Crippen molar-refractivity contribution < 1.29 is 18.7 Å². The first-order valence-electron chi connectivity index (χ1n) is 10.1. The lowest BCUT2D eigenvalue weighted by atomic mass is 10.2. The zero-order valence-electron chi connectivity index (χ0n) is 18.2. The summed E-state index contributed by atoms with van der Waals surface area (Å²) >= 11 is 1.42. The Labute approximate surface area is 188 Å². The van der Waals surface area contributed by atoms with Gasteiger partial charge in [0, 0.05) is 13.1 Å². The number of alkyl carbamates (subject to hydrolysis) is 1. The number of anilines is 1. The van der Waals surface area contributed by atoms with Gasteiger partial charge in [0.05, 0.1) is 28.2 Å². The molecule has 32 heavy (non-hydrogen) atoms. The molecule has 4 rings (SSSR count). The van der Waals surface area contributed by atoms with Crippen molar-refractivity contribution in [3.8, 4) is 10.9 Å². The lowest BCUT2D eigenvalue weighted by Crippen LogP contribution is -2.35. The van der Waals surface area contributed by atoms with E-state index < -0.39 is 11.7 Å². The predicted molar refractivity (Wildman–Crippen MR) is 123 cm³/mol. The van der Waals surface area contributed by atoms with Crippen LogP contribution in [0.4, 0.5) is 15.0 Å². The van der Waals surface area contributed by atoms with Crippen molar-refractivity contribution in [2.75, 3.05) is 25.5 Å². The number of benzene rings is 2. The van der Waals surface area contributed by atoms with Gasteiger partial charge in [-0.05, 0) is 51.1 Å². The number of aromatic nitrogens is 3. The van der Waals surface area contributed by atoms with E-state index in [0.29, 0.717) is 28.4 Å². The number of rotatable bonds is 6. The Morgan fingerprint density at radius 1 is 1.19 bits per heavy atom. The minimum Gasteiger partial charge on any atom is -0.497 e. The molecule has 2 N–H and O–H groups in total. The maximum absolute atomic E-state index is 14.7. The van der Waals surface area contributed by atoms with Crippen molar-refractivity contribution in [1.29, 1.82) is 0 Å². The van der Waals surface area contributed by atoms with Crippen molar-refractivity contribution in [2.24, 2.45) is 0 Å². The molecule has 2 heterocycles. The fraction of sp³-hybridized carbons (Fsp3) is 0.318. The molecule has 8 nitrogen and oxygen atoms in total. The molecule has 10 heteroatoms. The average molecular weight is 458 g/mol. The molecular weight excluding hydrogens is 433 g/mol. The molecule has 0 fully saturated rings. The molecule has 1 amide bonds. The van der Waals surface area contributed by atoms with Crippen molar-refractivity contribution in [3.05, 3.63) is 42.2 Å². The summed E-state index contributed by atoms with van der Waals surface area (Å²) in [6.07, 6.45) is -0.510. The molecule has 0 aliphatic heterocycles. The fourth-order valence-corrected chi connectivity index (χ4v) is 4.12. The Bertz CT molecular complexity index is 1280. The third kappa shape index (κ3) is 4.59. The van der Waals surface area contributed by atoms with Crippen LogP contribution in [0.1, 0.15) is 20.8 Å². The quantitative estimate of drug-likeness (QED) is 0.407. The molecule has 0 saturated carbocycles. The van der Waals surface area contributed by atoms with Crippen LogP contribution in [0.15, 0.2) is 36.4 Å². The highest BCUT2D eigenvalue weighted by Gasteiger charge is 2.19. The summed E-state index contributed by atoms with van der Waals surface area (Å²) in [5.41, 5.74) is 0.721. The molecule has 0 aliphatic rings. The van der Waals surface area contributed by atoms with Gasteiger partial charge in [0.1, 0.15) is 23.0 Å². The molecule has 0 radical (unpaired) electrons. The number of nitrogens with one attached hydrogen (secondary N) is 2. The first-order chi connectivity index (χ1) is 15.2. The number of amides is 1. The van der Waals surface area contributed by atoms with Crippen molar-refractivity contribution in [3.63, 3.8) is 0 Å². The first-order valence-corrected chi connectivity index (χ1v) is 10.9. The summed E-state index contributed by atoms with van der Waals surface area (Å²) in [6.45, 7) is 6.02. The summed E-state index contributed by atoms with van der Waals surface area (Å²) in [6, 6.07) is 10.4. The second-order valence-electron chi connectivity index (χ2n) is 8.08. The predicted octanol–water partition coefficient (Wildman–Crippen LogP) is 4.72. The van der Waals surface area contributed by atoms with Crippen LogP contribution in [0.3, 0.4) is 0 Å². The first kappa shape index (κ1) is 21.8. The topological polar surface area (TPSA) is 90.3 Å². The van der Waals surface area contributed by atoms with Crippen LogP contribution >= 0.6 is 11.3 Å². The van der Waals surface area contributed by atoms with E-state index in [-0.39, 0.29) is 12.4 Å². The lowest BCUT2D eigenvalue weighted by Gasteiger charge is -2.19. The molecule has 0 bridgehead atoms. The highest BCUT2D eigenvalue weighted by Crippen LogP contribution is 2.33. The number of carbonyl (C=O) groups excluding carboxylic acids is 1.